The minimum absolute atomic E-state index is 0.0221. The molecule has 0 fully saturated rings. The molecule has 84 valence electrons. The number of rotatable bonds is 1. The van der Waals surface area contributed by atoms with Crippen molar-refractivity contribution in [1.82, 2.24) is 0 Å². The molecule has 0 saturated carbocycles. The van der Waals surface area contributed by atoms with Gasteiger partial charge in [0.05, 0.1) is 18.8 Å². The molecule has 0 aromatic heterocycles. The highest BCUT2D eigenvalue weighted by molar-refractivity contribution is 5.99. The van der Waals surface area contributed by atoms with Gasteiger partial charge in [0.25, 0.3) is 0 Å². The fourth-order valence-electron chi connectivity index (χ4n) is 1.85. The molecule has 0 N–H and O–H groups in total. The van der Waals surface area contributed by atoms with Crippen LogP contribution in [0, 0.1) is 0 Å². The van der Waals surface area contributed by atoms with Gasteiger partial charge in [-0.3, -0.25) is 4.79 Å². The first-order chi connectivity index (χ1) is 10.4. The Labute approximate surface area is 107 Å². The van der Waals surface area contributed by atoms with Gasteiger partial charge in [0.15, 0.2) is 5.78 Å². The van der Waals surface area contributed by atoms with Crippen molar-refractivity contribution in [1.29, 1.82) is 0 Å². The van der Waals surface area contributed by atoms with E-state index in [4.69, 9.17) is 11.6 Å². The summed E-state index contributed by atoms with van der Waals surface area (Å²) in [6, 6.07) is 4.76. The van der Waals surface area contributed by atoms with Crippen molar-refractivity contribution in [3.63, 3.8) is 0 Å². The van der Waals surface area contributed by atoms with E-state index < -0.39 is 24.2 Å². The fraction of sp³-hybridized carbons (Fsp3) is 0.133. The molecule has 2 aromatic rings. The van der Waals surface area contributed by atoms with Gasteiger partial charge in [-0.25, -0.2) is 0 Å². The van der Waals surface area contributed by atoms with Gasteiger partial charge in [-0.05, 0) is 17.7 Å². The highest BCUT2D eigenvalue weighted by Crippen LogP contribution is 2.34. The highest BCUT2D eigenvalue weighted by atomic mass is 16.5. The smallest absolute Gasteiger partial charge is 0.170 e. The maximum absolute atomic E-state index is 12.2. The third kappa shape index (κ3) is 1.82. The topological polar surface area (TPSA) is 26.3 Å². The molecule has 0 amide bonds. The third-order valence-corrected chi connectivity index (χ3v) is 2.67. The van der Waals surface area contributed by atoms with E-state index in [9.17, 15) is 4.79 Å². The predicted molar refractivity (Wildman–Crippen MR) is 65.2 cm³/mol. The Morgan fingerprint density at radius 2 is 1.94 bits per heavy atom. The number of para-hydroxylation sites is 1. The van der Waals surface area contributed by atoms with Crippen LogP contribution < -0.4 is 4.74 Å². The first kappa shape index (κ1) is 6.01. The first-order valence-electron chi connectivity index (χ1n) is 7.77. The monoisotopic (exact) mass is 229 g/mol. The quantitative estimate of drug-likeness (QED) is 0.749. The lowest BCUT2D eigenvalue weighted by molar-refractivity contribution is 0.0850. The number of carbonyl (C=O) groups excluding carboxylic acids is 1. The van der Waals surface area contributed by atoms with E-state index in [-0.39, 0.29) is 29.9 Å². The minimum Gasteiger partial charge on any atom is -0.484 e. The molecule has 1 heterocycles. The molecule has 0 radical (unpaired) electrons. The first-order valence-corrected chi connectivity index (χ1v) is 5.27. The molecule has 17 heavy (non-hydrogen) atoms. The SMILES string of the molecule is [2H]c1c([2H])c([2H])c(C2CC(=O)c3ccccc3O2)c([2H])c1[2H]. The Hall–Kier alpha value is -2.09. The molecule has 3 rings (SSSR count). The Kier molecular flexibility index (Phi) is 1.43. The molecule has 0 spiro atoms. The summed E-state index contributed by atoms with van der Waals surface area (Å²) in [6.45, 7) is 0. The second-order valence-corrected chi connectivity index (χ2v) is 3.77. The lowest BCUT2D eigenvalue weighted by atomic mass is 9.96. The van der Waals surface area contributed by atoms with Gasteiger partial charge in [0, 0.05) is 0 Å². The number of ketones is 1. The van der Waals surface area contributed by atoms with Crippen LogP contribution in [0.2, 0.25) is 0 Å². The molecular weight excluding hydrogens is 212 g/mol. The number of hydrogen-bond donors (Lipinski definition) is 0. The average molecular weight is 229 g/mol. The van der Waals surface area contributed by atoms with E-state index >= 15 is 0 Å². The van der Waals surface area contributed by atoms with Crippen LogP contribution >= 0.6 is 0 Å². The molecule has 1 unspecified atom stereocenters. The van der Waals surface area contributed by atoms with Gasteiger partial charge in [0.1, 0.15) is 11.9 Å². The summed E-state index contributed by atoms with van der Waals surface area (Å²) >= 11 is 0. The molecule has 0 saturated heterocycles. The largest absolute Gasteiger partial charge is 0.484 e. The maximum Gasteiger partial charge on any atom is 0.170 e. The van der Waals surface area contributed by atoms with E-state index in [1.807, 2.05) is 0 Å². The van der Waals surface area contributed by atoms with Crippen LogP contribution in [0.3, 0.4) is 0 Å². The number of hydrogen-bond acceptors (Lipinski definition) is 2. The van der Waals surface area contributed by atoms with Gasteiger partial charge in [0.2, 0.25) is 0 Å². The second kappa shape index (κ2) is 4.06. The Balaban J connectivity index is 2.13. The van der Waals surface area contributed by atoms with Crippen LogP contribution in [0.1, 0.15) is 35.3 Å². The molecule has 1 aliphatic rings. The molecule has 0 bridgehead atoms. The number of Topliss-reactive ketones (excluding diaryl/α,β-unsaturated/α-hetero) is 1. The van der Waals surface area contributed by atoms with E-state index in [0.29, 0.717) is 11.3 Å². The summed E-state index contributed by atoms with van der Waals surface area (Å²) < 4.78 is 44.6. The lowest BCUT2D eigenvalue weighted by Crippen LogP contribution is -2.20. The molecule has 1 aliphatic heterocycles. The molecule has 2 aromatic carbocycles. The maximum atomic E-state index is 12.2. The Morgan fingerprint density at radius 1 is 1.18 bits per heavy atom. The Bertz CT molecular complexity index is 759. The van der Waals surface area contributed by atoms with Gasteiger partial charge in [-0.15, -0.1) is 0 Å². The van der Waals surface area contributed by atoms with Crippen LogP contribution in [0.5, 0.6) is 5.75 Å². The zero-order valence-corrected chi connectivity index (χ0v) is 8.91. The number of carbonyl (C=O) groups is 1. The molecule has 1 atom stereocenters. The Morgan fingerprint density at radius 3 is 2.76 bits per heavy atom. The zero-order chi connectivity index (χ0) is 16.0. The second-order valence-electron chi connectivity index (χ2n) is 3.77. The lowest BCUT2D eigenvalue weighted by Gasteiger charge is -2.25. The van der Waals surface area contributed by atoms with Crippen LogP contribution in [0.25, 0.3) is 0 Å². The van der Waals surface area contributed by atoms with E-state index in [1.54, 1.807) is 24.3 Å². The van der Waals surface area contributed by atoms with Gasteiger partial charge >= 0.3 is 0 Å². The van der Waals surface area contributed by atoms with Crippen molar-refractivity contribution in [3.8, 4) is 5.75 Å². The average Bonchev–Trinajstić information content (AvgIpc) is 2.51. The van der Waals surface area contributed by atoms with Crippen molar-refractivity contribution < 1.29 is 16.4 Å². The van der Waals surface area contributed by atoms with Gasteiger partial charge < -0.3 is 4.74 Å². The normalized spacial score (nSPS) is 22.5. The minimum atomic E-state index is -0.879. The molecule has 0 aliphatic carbocycles. The van der Waals surface area contributed by atoms with E-state index in [2.05, 4.69) is 0 Å². The molecule has 2 nitrogen and oxygen atoms in total. The van der Waals surface area contributed by atoms with Crippen molar-refractivity contribution >= 4 is 5.78 Å². The predicted octanol–water partition coefficient (Wildman–Crippen LogP) is 3.39. The molecular formula is C15H12O2. The molecule has 2 heteroatoms. The summed E-state index contributed by atoms with van der Waals surface area (Å²) in [7, 11) is 0. The van der Waals surface area contributed by atoms with Crippen LogP contribution in [-0.4, -0.2) is 5.78 Å². The van der Waals surface area contributed by atoms with Crippen LogP contribution in [0.15, 0.2) is 54.5 Å². The summed E-state index contributed by atoms with van der Waals surface area (Å²) in [5.74, 6) is 0.203. The summed E-state index contributed by atoms with van der Waals surface area (Å²) in [6.07, 6.45) is -0.929. The number of benzene rings is 2. The zero-order valence-electron chi connectivity index (χ0n) is 13.9. The van der Waals surface area contributed by atoms with Gasteiger partial charge in [-0.2, -0.15) is 0 Å². The highest BCUT2D eigenvalue weighted by Gasteiger charge is 2.26. The standard InChI is InChI=1S/C15H12O2/c16-13-10-15(11-6-2-1-3-7-11)17-14-9-5-4-8-12(13)14/h1-9,15H,10H2/i1D,2D,3D,6D,7D. The van der Waals surface area contributed by atoms with Crippen LogP contribution in [-0.2, 0) is 0 Å². The van der Waals surface area contributed by atoms with Crippen molar-refractivity contribution in [2.45, 2.75) is 12.5 Å². The summed E-state index contributed by atoms with van der Waals surface area (Å²) in [5.41, 5.74) is 0.472. The van der Waals surface area contributed by atoms with Gasteiger partial charge in [-0.1, -0.05) is 42.3 Å². The van der Waals surface area contributed by atoms with E-state index in [1.165, 1.54) is 0 Å². The van der Waals surface area contributed by atoms with Crippen molar-refractivity contribution in [2.24, 2.45) is 0 Å². The fourth-order valence-corrected chi connectivity index (χ4v) is 1.85. The third-order valence-electron chi connectivity index (χ3n) is 2.67. The van der Waals surface area contributed by atoms with Crippen molar-refractivity contribution in [2.75, 3.05) is 0 Å². The van der Waals surface area contributed by atoms with Crippen molar-refractivity contribution in [3.05, 3.63) is 65.6 Å². The summed E-state index contributed by atoms with van der Waals surface area (Å²) in [5, 5.41) is 0. The summed E-state index contributed by atoms with van der Waals surface area (Å²) in [4.78, 5) is 12.2. The number of fused-ring (bicyclic) bond motifs is 1. The van der Waals surface area contributed by atoms with E-state index in [0.717, 1.165) is 0 Å². The number of ether oxygens (including phenoxy) is 1. The van der Waals surface area contributed by atoms with Crippen LogP contribution in [0.4, 0.5) is 0 Å².